The summed E-state index contributed by atoms with van der Waals surface area (Å²) in [5, 5.41) is 4.20. The number of benzene rings is 1. The zero-order valence-electron chi connectivity index (χ0n) is 10.6. The molecule has 1 amide bonds. The highest BCUT2D eigenvalue weighted by Crippen LogP contribution is 2.30. The van der Waals surface area contributed by atoms with E-state index in [1.54, 1.807) is 0 Å². The van der Waals surface area contributed by atoms with Crippen LogP contribution in [0.3, 0.4) is 0 Å². The number of nitrogens with one attached hydrogen (secondary N) is 2. The van der Waals surface area contributed by atoms with Gasteiger partial charge < -0.3 is 10.3 Å². The zero-order chi connectivity index (χ0) is 12.5. The summed E-state index contributed by atoms with van der Waals surface area (Å²) in [5.41, 5.74) is 3.06. The van der Waals surface area contributed by atoms with E-state index in [0.717, 1.165) is 35.1 Å². The lowest BCUT2D eigenvalue weighted by atomic mass is 10.1. The molecule has 1 saturated carbocycles. The van der Waals surface area contributed by atoms with Gasteiger partial charge >= 0.3 is 0 Å². The van der Waals surface area contributed by atoms with Crippen LogP contribution in [0.4, 0.5) is 5.69 Å². The predicted molar refractivity (Wildman–Crippen MR) is 73.6 cm³/mol. The number of aromatic nitrogens is 1. The number of hydrogen-bond acceptors (Lipinski definition) is 1. The fraction of sp³-hybridized carbons (Fsp3) is 0.400. The van der Waals surface area contributed by atoms with Crippen molar-refractivity contribution in [2.75, 3.05) is 5.32 Å². The molecule has 94 valence electrons. The van der Waals surface area contributed by atoms with Crippen LogP contribution in [0.25, 0.3) is 10.9 Å². The molecule has 1 aromatic heterocycles. The Kier molecular flexibility index (Phi) is 2.82. The number of rotatable bonds is 2. The molecule has 1 aromatic carbocycles. The van der Waals surface area contributed by atoms with Crippen LogP contribution in [0.15, 0.2) is 24.3 Å². The number of anilines is 1. The van der Waals surface area contributed by atoms with Crippen LogP contribution in [-0.4, -0.2) is 10.9 Å². The Labute approximate surface area is 107 Å². The highest BCUT2D eigenvalue weighted by molar-refractivity contribution is 6.03. The van der Waals surface area contributed by atoms with E-state index < -0.39 is 0 Å². The highest BCUT2D eigenvalue weighted by atomic mass is 16.1. The number of aryl methyl sites for hydroxylation is 1. The first-order valence-corrected chi connectivity index (χ1v) is 6.64. The van der Waals surface area contributed by atoms with E-state index in [4.69, 9.17) is 0 Å². The van der Waals surface area contributed by atoms with Crippen molar-refractivity contribution in [2.24, 2.45) is 5.92 Å². The predicted octanol–water partition coefficient (Wildman–Crippen LogP) is 3.61. The van der Waals surface area contributed by atoms with Gasteiger partial charge in [-0.2, -0.15) is 0 Å². The molecule has 0 unspecified atom stereocenters. The molecular formula is C15H18N2O. The lowest BCUT2D eigenvalue weighted by Crippen LogP contribution is -2.20. The minimum Gasteiger partial charge on any atom is -0.357 e. The summed E-state index contributed by atoms with van der Waals surface area (Å²) in [7, 11) is 0. The molecule has 3 rings (SSSR count). The maximum Gasteiger partial charge on any atom is 0.227 e. The molecule has 0 spiro atoms. The molecule has 0 bridgehead atoms. The van der Waals surface area contributed by atoms with Crippen molar-refractivity contribution in [3.63, 3.8) is 0 Å². The van der Waals surface area contributed by atoms with E-state index in [1.165, 1.54) is 12.8 Å². The first-order chi connectivity index (χ1) is 8.75. The van der Waals surface area contributed by atoms with E-state index >= 15 is 0 Å². The van der Waals surface area contributed by atoms with E-state index in [0.29, 0.717) is 0 Å². The van der Waals surface area contributed by atoms with Crippen molar-refractivity contribution in [1.82, 2.24) is 4.98 Å². The number of fused-ring (bicyclic) bond motifs is 1. The van der Waals surface area contributed by atoms with Gasteiger partial charge in [-0.05, 0) is 25.8 Å². The molecule has 2 aromatic rings. The van der Waals surface area contributed by atoms with Crippen LogP contribution < -0.4 is 5.32 Å². The molecule has 1 heterocycles. The summed E-state index contributed by atoms with van der Waals surface area (Å²) < 4.78 is 0. The average molecular weight is 242 g/mol. The van der Waals surface area contributed by atoms with Crippen molar-refractivity contribution < 1.29 is 4.79 Å². The van der Waals surface area contributed by atoms with Crippen molar-refractivity contribution in [1.29, 1.82) is 0 Å². The van der Waals surface area contributed by atoms with Gasteiger partial charge in [0.1, 0.15) is 0 Å². The number of amides is 1. The van der Waals surface area contributed by atoms with Crippen LogP contribution in [0.1, 0.15) is 31.4 Å². The average Bonchev–Trinajstić information content (AvgIpc) is 2.98. The second-order valence-electron chi connectivity index (χ2n) is 5.14. The largest absolute Gasteiger partial charge is 0.357 e. The van der Waals surface area contributed by atoms with E-state index in [9.17, 15) is 4.79 Å². The van der Waals surface area contributed by atoms with Gasteiger partial charge in [-0.15, -0.1) is 0 Å². The molecule has 0 atom stereocenters. The lowest BCUT2D eigenvalue weighted by molar-refractivity contribution is -0.119. The van der Waals surface area contributed by atoms with Crippen LogP contribution in [0, 0.1) is 12.8 Å². The maximum absolute atomic E-state index is 12.2. The molecule has 3 heteroatoms. The van der Waals surface area contributed by atoms with Crippen molar-refractivity contribution >= 4 is 22.5 Å². The summed E-state index contributed by atoms with van der Waals surface area (Å²) in [6.07, 6.45) is 4.44. The topological polar surface area (TPSA) is 44.9 Å². The standard InChI is InChI=1S/C15H18N2O/c1-10-14(12-8-4-5-9-13(12)16-10)17-15(18)11-6-2-3-7-11/h4-5,8-9,11,16H,2-3,6-7H2,1H3,(H,17,18). The van der Waals surface area contributed by atoms with Crippen molar-refractivity contribution in [3.8, 4) is 0 Å². The normalized spacial score (nSPS) is 16.3. The van der Waals surface area contributed by atoms with Gasteiger partial charge in [0.15, 0.2) is 0 Å². The molecule has 1 fully saturated rings. The zero-order valence-corrected chi connectivity index (χ0v) is 10.6. The minimum atomic E-state index is 0.181. The number of H-pyrrole nitrogens is 1. The summed E-state index contributed by atoms with van der Waals surface area (Å²) in [6.45, 7) is 2.00. The van der Waals surface area contributed by atoms with Gasteiger partial charge in [0.05, 0.1) is 5.69 Å². The second kappa shape index (κ2) is 4.48. The molecule has 2 N–H and O–H groups in total. The lowest BCUT2D eigenvalue weighted by Gasteiger charge is -2.10. The van der Waals surface area contributed by atoms with Gasteiger partial charge in [0.25, 0.3) is 0 Å². The third kappa shape index (κ3) is 1.90. The number of carbonyl (C=O) groups excluding carboxylic acids is 1. The van der Waals surface area contributed by atoms with Crippen molar-refractivity contribution in [2.45, 2.75) is 32.6 Å². The second-order valence-corrected chi connectivity index (χ2v) is 5.14. The summed E-state index contributed by atoms with van der Waals surface area (Å²) >= 11 is 0. The minimum absolute atomic E-state index is 0.181. The molecule has 3 nitrogen and oxygen atoms in total. The maximum atomic E-state index is 12.2. The Balaban J connectivity index is 1.89. The molecule has 0 saturated heterocycles. The SMILES string of the molecule is Cc1[nH]c2ccccc2c1NC(=O)C1CCCC1. The van der Waals surface area contributed by atoms with Crippen LogP contribution in [0.2, 0.25) is 0 Å². The summed E-state index contributed by atoms with van der Waals surface area (Å²) in [5.74, 6) is 0.387. The molecule has 18 heavy (non-hydrogen) atoms. The Bertz CT molecular complexity index is 579. The van der Waals surface area contributed by atoms with E-state index in [-0.39, 0.29) is 11.8 Å². The van der Waals surface area contributed by atoms with Gasteiger partial charge in [0, 0.05) is 22.5 Å². The first-order valence-electron chi connectivity index (χ1n) is 6.64. The number of para-hydroxylation sites is 1. The number of hydrogen-bond donors (Lipinski definition) is 2. The third-order valence-corrected chi connectivity index (χ3v) is 3.87. The Morgan fingerprint density at radius 2 is 2.00 bits per heavy atom. The number of carbonyl (C=O) groups is 1. The smallest absolute Gasteiger partial charge is 0.227 e. The Morgan fingerprint density at radius 3 is 2.78 bits per heavy atom. The molecular weight excluding hydrogens is 224 g/mol. The molecule has 0 aliphatic heterocycles. The highest BCUT2D eigenvalue weighted by Gasteiger charge is 2.23. The first kappa shape index (κ1) is 11.3. The molecule has 1 aliphatic carbocycles. The number of aromatic amines is 1. The summed E-state index contributed by atoms with van der Waals surface area (Å²) in [6, 6.07) is 8.08. The van der Waals surface area contributed by atoms with Gasteiger partial charge in [-0.1, -0.05) is 31.0 Å². The Hall–Kier alpha value is -1.77. The van der Waals surface area contributed by atoms with Crippen LogP contribution >= 0.6 is 0 Å². The Morgan fingerprint density at radius 1 is 1.28 bits per heavy atom. The van der Waals surface area contributed by atoms with E-state index in [2.05, 4.69) is 10.3 Å². The fourth-order valence-electron chi connectivity index (χ4n) is 2.85. The third-order valence-electron chi connectivity index (χ3n) is 3.87. The van der Waals surface area contributed by atoms with Crippen molar-refractivity contribution in [3.05, 3.63) is 30.0 Å². The quantitative estimate of drug-likeness (QED) is 0.830. The fourth-order valence-corrected chi connectivity index (χ4v) is 2.85. The van der Waals surface area contributed by atoms with Gasteiger partial charge in [0.2, 0.25) is 5.91 Å². The van der Waals surface area contributed by atoms with Gasteiger partial charge in [-0.25, -0.2) is 0 Å². The van der Waals surface area contributed by atoms with Crippen LogP contribution in [-0.2, 0) is 4.79 Å². The van der Waals surface area contributed by atoms with E-state index in [1.807, 2.05) is 31.2 Å². The van der Waals surface area contributed by atoms with Gasteiger partial charge in [-0.3, -0.25) is 4.79 Å². The monoisotopic (exact) mass is 242 g/mol. The summed E-state index contributed by atoms with van der Waals surface area (Å²) in [4.78, 5) is 15.5. The molecule has 1 aliphatic rings. The van der Waals surface area contributed by atoms with Crippen LogP contribution in [0.5, 0.6) is 0 Å². The molecule has 0 radical (unpaired) electrons.